The third kappa shape index (κ3) is 5.15. The topological polar surface area (TPSA) is 94.6 Å². The van der Waals surface area contributed by atoms with E-state index >= 15 is 0 Å². The summed E-state index contributed by atoms with van der Waals surface area (Å²) in [5.74, 6) is 0.486. The van der Waals surface area contributed by atoms with Crippen molar-refractivity contribution in [1.82, 2.24) is 0 Å². The van der Waals surface area contributed by atoms with Gasteiger partial charge in [0.2, 0.25) is 5.88 Å². The number of rotatable bonds is 7. The fourth-order valence-electron chi connectivity index (χ4n) is 4.04. The molecule has 35 heavy (non-hydrogen) atoms. The fourth-order valence-corrected chi connectivity index (χ4v) is 4.04. The Bertz CT molecular complexity index is 1290. The van der Waals surface area contributed by atoms with Gasteiger partial charge in [-0.15, -0.1) is 0 Å². The average molecular weight is 469 g/mol. The van der Waals surface area contributed by atoms with Crippen LogP contribution in [-0.4, -0.2) is 12.1 Å². The lowest BCUT2D eigenvalue weighted by Gasteiger charge is -2.27. The first-order valence-corrected chi connectivity index (χ1v) is 11.7. The van der Waals surface area contributed by atoms with Gasteiger partial charge in [0.25, 0.3) is 0 Å². The van der Waals surface area contributed by atoms with Gasteiger partial charge in [0.1, 0.15) is 28.9 Å². The number of nitriles is 1. The van der Waals surface area contributed by atoms with E-state index in [1.165, 1.54) is 11.1 Å². The zero-order valence-corrected chi connectivity index (χ0v) is 20.1. The maximum Gasteiger partial charge on any atom is 0.352 e. The summed E-state index contributed by atoms with van der Waals surface area (Å²) in [5.41, 5.74) is 10.6. The largest absolute Gasteiger partial charge is 0.479 e. The smallest absolute Gasteiger partial charge is 0.352 e. The second kappa shape index (κ2) is 10.4. The van der Waals surface area contributed by atoms with E-state index in [0.717, 1.165) is 24.0 Å². The van der Waals surface area contributed by atoms with Crippen LogP contribution in [0.2, 0.25) is 0 Å². The summed E-state index contributed by atoms with van der Waals surface area (Å²) < 4.78 is 17.0. The highest BCUT2D eigenvalue weighted by Crippen LogP contribution is 2.43. The number of carbonyl (C=O) groups excluding carboxylic acids is 1. The highest BCUT2D eigenvalue weighted by molar-refractivity contribution is 5.77. The minimum Gasteiger partial charge on any atom is -0.479 e. The van der Waals surface area contributed by atoms with Gasteiger partial charge in [-0.2, -0.15) is 5.26 Å². The van der Waals surface area contributed by atoms with Gasteiger partial charge < -0.3 is 19.9 Å². The molecule has 0 spiro atoms. The van der Waals surface area contributed by atoms with Crippen molar-refractivity contribution >= 4 is 5.97 Å². The average Bonchev–Trinajstić information content (AvgIpc) is 2.88. The van der Waals surface area contributed by atoms with Crippen molar-refractivity contribution < 1.29 is 19.0 Å². The molecule has 2 unspecified atom stereocenters. The molecule has 0 saturated carbocycles. The Morgan fingerprint density at radius 3 is 2.20 bits per heavy atom. The Hall–Kier alpha value is -4.24. The van der Waals surface area contributed by atoms with E-state index in [1.54, 1.807) is 25.1 Å². The molecule has 0 radical (unpaired) electrons. The van der Waals surface area contributed by atoms with Gasteiger partial charge in [0.15, 0.2) is 6.10 Å². The number of aryl methyl sites for hydroxylation is 2. The Balaban J connectivity index is 1.54. The molecule has 2 N–H and O–H groups in total. The molecule has 2 atom stereocenters. The van der Waals surface area contributed by atoms with Crippen LogP contribution in [0.3, 0.4) is 0 Å². The number of allylic oxidation sites excluding steroid dienone is 1. The molecule has 3 aromatic rings. The van der Waals surface area contributed by atoms with E-state index in [1.807, 2.05) is 48.5 Å². The molecule has 0 saturated heterocycles. The Labute approximate surface area is 205 Å². The van der Waals surface area contributed by atoms with Crippen LogP contribution in [0.5, 0.6) is 17.2 Å². The molecule has 0 fully saturated rings. The number of nitrogens with two attached hydrogens (primary N) is 1. The van der Waals surface area contributed by atoms with Crippen LogP contribution in [0.1, 0.15) is 48.9 Å². The highest BCUT2D eigenvalue weighted by atomic mass is 16.6. The number of esters is 1. The van der Waals surface area contributed by atoms with Crippen LogP contribution in [0.15, 0.2) is 78.2 Å². The fraction of sp³-hybridized carbons (Fsp3) is 0.241. The van der Waals surface area contributed by atoms with E-state index in [-0.39, 0.29) is 11.8 Å². The van der Waals surface area contributed by atoms with Crippen LogP contribution in [0.4, 0.5) is 0 Å². The van der Waals surface area contributed by atoms with Crippen molar-refractivity contribution in [2.24, 2.45) is 5.73 Å². The summed E-state index contributed by atoms with van der Waals surface area (Å²) >= 11 is 0. The van der Waals surface area contributed by atoms with Crippen molar-refractivity contribution in [2.45, 2.75) is 45.6 Å². The SMILES string of the molecule is CCc1ccc(OC(C)C(=O)Oc2ccc3c(c2)OC(N)=C(C#N)C3c2ccc(CC)cc2)cc1. The van der Waals surface area contributed by atoms with Crippen molar-refractivity contribution in [2.75, 3.05) is 0 Å². The van der Waals surface area contributed by atoms with Crippen molar-refractivity contribution in [1.29, 1.82) is 5.26 Å². The lowest BCUT2D eigenvalue weighted by molar-refractivity contribution is -0.141. The maximum absolute atomic E-state index is 12.7. The third-order valence-corrected chi connectivity index (χ3v) is 6.11. The van der Waals surface area contributed by atoms with Gasteiger partial charge in [-0.25, -0.2) is 4.79 Å². The molecule has 0 aliphatic carbocycles. The summed E-state index contributed by atoms with van der Waals surface area (Å²) in [6, 6.07) is 23.0. The number of carbonyl (C=O) groups is 1. The zero-order chi connectivity index (χ0) is 24.9. The summed E-state index contributed by atoms with van der Waals surface area (Å²) in [6.07, 6.45) is 1.05. The number of ether oxygens (including phenoxy) is 3. The van der Waals surface area contributed by atoms with E-state index in [2.05, 4.69) is 19.9 Å². The number of benzene rings is 3. The molecule has 0 amide bonds. The standard InChI is InChI=1S/C29H28N2O4/c1-4-19-6-10-21(11-7-19)27-24-15-14-23(16-26(24)35-28(31)25(27)17-30)34-29(32)18(3)33-22-12-8-20(5-2)9-13-22/h6-16,18,27H,4-5,31H2,1-3H3. The number of nitrogens with zero attached hydrogens (tertiary/aromatic N) is 1. The van der Waals surface area contributed by atoms with Gasteiger partial charge in [-0.1, -0.05) is 56.3 Å². The molecule has 1 aliphatic rings. The summed E-state index contributed by atoms with van der Waals surface area (Å²) in [4.78, 5) is 12.7. The number of hydrogen-bond acceptors (Lipinski definition) is 6. The Morgan fingerprint density at radius 2 is 1.60 bits per heavy atom. The predicted molar refractivity (Wildman–Crippen MR) is 133 cm³/mol. The second-order valence-corrected chi connectivity index (χ2v) is 8.40. The lowest BCUT2D eigenvalue weighted by atomic mass is 9.83. The molecule has 4 rings (SSSR count). The molecule has 0 bridgehead atoms. The normalized spacial score (nSPS) is 15.4. The van der Waals surface area contributed by atoms with Crippen LogP contribution in [-0.2, 0) is 17.6 Å². The van der Waals surface area contributed by atoms with Crippen LogP contribution in [0.25, 0.3) is 0 Å². The molecule has 6 heteroatoms. The number of hydrogen-bond donors (Lipinski definition) is 1. The summed E-state index contributed by atoms with van der Waals surface area (Å²) in [7, 11) is 0. The molecule has 1 aliphatic heterocycles. The minimum absolute atomic E-state index is 0.0419. The van der Waals surface area contributed by atoms with Crippen LogP contribution < -0.4 is 19.9 Å². The predicted octanol–water partition coefficient (Wildman–Crippen LogP) is 5.40. The lowest BCUT2D eigenvalue weighted by Crippen LogP contribution is -2.28. The minimum atomic E-state index is -0.806. The van der Waals surface area contributed by atoms with Gasteiger partial charge >= 0.3 is 5.97 Å². The number of fused-ring (bicyclic) bond motifs is 1. The van der Waals surface area contributed by atoms with E-state index in [0.29, 0.717) is 22.8 Å². The molecular formula is C29H28N2O4. The van der Waals surface area contributed by atoms with Gasteiger partial charge in [0.05, 0.1) is 5.92 Å². The maximum atomic E-state index is 12.7. The van der Waals surface area contributed by atoms with Crippen molar-refractivity contribution in [3.8, 4) is 23.3 Å². The Morgan fingerprint density at radius 1 is 1.00 bits per heavy atom. The van der Waals surface area contributed by atoms with Crippen LogP contribution in [0, 0.1) is 11.3 Å². The first-order valence-electron chi connectivity index (χ1n) is 11.7. The summed E-state index contributed by atoms with van der Waals surface area (Å²) in [5, 5.41) is 9.75. The van der Waals surface area contributed by atoms with Gasteiger partial charge in [-0.05, 0) is 54.7 Å². The van der Waals surface area contributed by atoms with Gasteiger partial charge in [0, 0.05) is 11.6 Å². The molecule has 6 nitrogen and oxygen atoms in total. The highest BCUT2D eigenvalue weighted by Gasteiger charge is 2.31. The molecule has 0 aromatic heterocycles. The van der Waals surface area contributed by atoms with Crippen molar-refractivity contribution in [3.05, 3.63) is 100 Å². The first kappa shape index (κ1) is 23.9. The first-order chi connectivity index (χ1) is 16.9. The molecule has 178 valence electrons. The molecule has 1 heterocycles. The van der Waals surface area contributed by atoms with Crippen LogP contribution >= 0.6 is 0 Å². The second-order valence-electron chi connectivity index (χ2n) is 8.40. The third-order valence-electron chi connectivity index (χ3n) is 6.11. The van der Waals surface area contributed by atoms with E-state index in [4.69, 9.17) is 19.9 Å². The Kier molecular flexibility index (Phi) is 7.07. The van der Waals surface area contributed by atoms with E-state index < -0.39 is 12.1 Å². The van der Waals surface area contributed by atoms with E-state index in [9.17, 15) is 10.1 Å². The quantitative estimate of drug-likeness (QED) is 0.368. The monoisotopic (exact) mass is 468 g/mol. The van der Waals surface area contributed by atoms with Crippen molar-refractivity contribution in [3.63, 3.8) is 0 Å². The summed E-state index contributed by atoms with van der Waals surface area (Å²) in [6.45, 7) is 5.81. The molecular weight excluding hydrogens is 440 g/mol. The zero-order valence-electron chi connectivity index (χ0n) is 20.1. The van der Waals surface area contributed by atoms with Gasteiger partial charge in [-0.3, -0.25) is 0 Å². The molecule has 3 aromatic carbocycles.